The lowest BCUT2D eigenvalue weighted by atomic mass is 10.1. The van der Waals surface area contributed by atoms with Crippen molar-refractivity contribution in [2.45, 2.75) is 6.42 Å². The number of amides is 1. The monoisotopic (exact) mass is 215 g/mol. The van der Waals surface area contributed by atoms with Crippen molar-refractivity contribution in [2.24, 2.45) is 5.73 Å². The molecule has 0 saturated heterocycles. The molecule has 0 saturated carbocycles. The van der Waals surface area contributed by atoms with Gasteiger partial charge in [0.1, 0.15) is 0 Å². The van der Waals surface area contributed by atoms with Crippen molar-refractivity contribution in [3.63, 3.8) is 0 Å². The summed E-state index contributed by atoms with van der Waals surface area (Å²) in [4.78, 5) is 10.8. The average Bonchev–Trinajstić information content (AvgIpc) is 2.27. The first-order valence-corrected chi connectivity index (χ1v) is 4.77. The van der Waals surface area contributed by atoms with Gasteiger partial charge in [0.25, 0.3) is 5.91 Å². The smallest absolute Gasteiger partial charge is 0.256 e. The number of aliphatic hydroxyl groups is 1. The lowest BCUT2D eigenvalue weighted by Crippen LogP contribution is -2.12. The standard InChI is InChI=1S/C13H13NO2/c1-2-11(13(14)16)9-12(15)8-10-6-4-3-5-7-10/h3-7,9,15H,1,8H2,(H2,14,16)/b12-9-. The molecule has 1 rings (SSSR count). The molecule has 0 aliphatic heterocycles. The summed E-state index contributed by atoms with van der Waals surface area (Å²) in [6, 6.07) is 9.40. The zero-order chi connectivity index (χ0) is 12.0. The molecule has 0 radical (unpaired) electrons. The van der Waals surface area contributed by atoms with E-state index >= 15 is 0 Å². The second-order valence-corrected chi connectivity index (χ2v) is 3.25. The van der Waals surface area contributed by atoms with E-state index < -0.39 is 5.91 Å². The van der Waals surface area contributed by atoms with Gasteiger partial charge in [-0.25, -0.2) is 0 Å². The van der Waals surface area contributed by atoms with Crippen LogP contribution in [0.5, 0.6) is 0 Å². The molecule has 3 heteroatoms. The van der Waals surface area contributed by atoms with Crippen LogP contribution >= 0.6 is 0 Å². The minimum absolute atomic E-state index is 0.0520. The Kier molecular flexibility index (Phi) is 4.13. The fourth-order valence-corrected chi connectivity index (χ4v) is 1.23. The summed E-state index contributed by atoms with van der Waals surface area (Å²) in [7, 11) is 0. The highest BCUT2D eigenvalue weighted by atomic mass is 16.3. The quantitative estimate of drug-likeness (QED) is 0.348. The molecule has 0 unspecified atom stereocenters. The molecule has 1 aromatic carbocycles. The zero-order valence-corrected chi connectivity index (χ0v) is 8.81. The number of primary amides is 1. The molecule has 0 aliphatic carbocycles. The van der Waals surface area contributed by atoms with E-state index in [2.05, 4.69) is 12.3 Å². The van der Waals surface area contributed by atoms with Crippen LogP contribution in [-0.4, -0.2) is 11.0 Å². The minimum atomic E-state index is -0.658. The van der Waals surface area contributed by atoms with Crippen molar-refractivity contribution in [3.8, 4) is 0 Å². The van der Waals surface area contributed by atoms with Crippen molar-refractivity contribution < 1.29 is 9.90 Å². The molecule has 82 valence electrons. The summed E-state index contributed by atoms with van der Waals surface area (Å²) < 4.78 is 0. The third-order valence-corrected chi connectivity index (χ3v) is 1.99. The van der Waals surface area contributed by atoms with E-state index in [9.17, 15) is 9.90 Å². The Labute approximate surface area is 94.2 Å². The van der Waals surface area contributed by atoms with Gasteiger partial charge in [0.2, 0.25) is 0 Å². The summed E-state index contributed by atoms with van der Waals surface area (Å²) >= 11 is 0. The number of hydrogen-bond acceptors (Lipinski definition) is 2. The van der Waals surface area contributed by atoms with E-state index in [-0.39, 0.29) is 11.3 Å². The maximum Gasteiger partial charge on any atom is 0.256 e. The van der Waals surface area contributed by atoms with Gasteiger partial charge in [-0.3, -0.25) is 4.79 Å². The highest BCUT2D eigenvalue weighted by Gasteiger charge is 2.03. The normalized spacial score (nSPS) is 10.6. The van der Waals surface area contributed by atoms with Gasteiger partial charge >= 0.3 is 0 Å². The van der Waals surface area contributed by atoms with Gasteiger partial charge in [0.05, 0.1) is 11.3 Å². The number of rotatable bonds is 4. The Hall–Kier alpha value is -2.25. The van der Waals surface area contributed by atoms with Gasteiger partial charge in [0.15, 0.2) is 0 Å². The topological polar surface area (TPSA) is 63.3 Å². The molecular formula is C13H13NO2. The average molecular weight is 215 g/mol. The van der Waals surface area contributed by atoms with Crippen LogP contribution in [0.3, 0.4) is 0 Å². The van der Waals surface area contributed by atoms with Crippen LogP contribution in [0.25, 0.3) is 0 Å². The van der Waals surface area contributed by atoms with Crippen LogP contribution in [-0.2, 0) is 11.2 Å². The van der Waals surface area contributed by atoms with Crippen LogP contribution in [0.4, 0.5) is 0 Å². The van der Waals surface area contributed by atoms with Crippen LogP contribution < -0.4 is 5.73 Å². The van der Waals surface area contributed by atoms with Gasteiger partial charge < -0.3 is 10.8 Å². The Morgan fingerprint density at radius 1 is 1.44 bits per heavy atom. The largest absolute Gasteiger partial charge is 0.512 e. The van der Waals surface area contributed by atoms with E-state index in [1.807, 2.05) is 30.3 Å². The second-order valence-electron chi connectivity index (χ2n) is 3.25. The number of allylic oxidation sites excluding steroid dienone is 1. The lowest BCUT2D eigenvalue weighted by Gasteiger charge is -2.00. The van der Waals surface area contributed by atoms with Gasteiger partial charge in [-0.1, -0.05) is 36.9 Å². The van der Waals surface area contributed by atoms with Crippen molar-refractivity contribution in [1.29, 1.82) is 0 Å². The van der Waals surface area contributed by atoms with Gasteiger partial charge in [-0.2, -0.15) is 0 Å². The maximum atomic E-state index is 10.8. The summed E-state index contributed by atoms with van der Waals surface area (Å²) in [5.74, 6) is -0.606. The van der Waals surface area contributed by atoms with E-state index in [1.165, 1.54) is 6.08 Å². The number of carbonyl (C=O) groups excluding carboxylic acids is 1. The highest BCUT2D eigenvalue weighted by molar-refractivity contribution is 5.94. The molecule has 0 spiro atoms. The SMILES string of the molecule is C=C=C(/C=C(\O)Cc1ccccc1)C(N)=O. The molecule has 0 bridgehead atoms. The highest BCUT2D eigenvalue weighted by Crippen LogP contribution is 2.07. The predicted octanol–water partition coefficient (Wildman–Crippen LogP) is 1.87. The number of benzene rings is 1. The molecule has 0 aromatic heterocycles. The Balaban J connectivity index is 2.80. The fraction of sp³-hybridized carbons (Fsp3) is 0.0769. The van der Waals surface area contributed by atoms with Crippen LogP contribution in [0.15, 0.2) is 60.1 Å². The summed E-state index contributed by atoms with van der Waals surface area (Å²) in [6.45, 7) is 3.32. The molecular weight excluding hydrogens is 202 g/mol. The van der Waals surface area contributed by atoms with Crippen molar-refractivity contribution in [1.82, 2.24) is 0 Å². The molecule has 0 heterocycles. The molecule has 0 fully saturated rings. The molecule has 16 heavy (non-hydrogen) atoms. The first kappa shape index (κ1) is 11.8. The van der Waals surface area contributed by atoms with Crippen molar-refractivity contribution in [3.05, 3.63) is 65.6 Å². The zero-order valence-electron chi connectivity index (χ0n) is 8.81. The van der Waals surface area contributed by atoms with Gasteiger partial charge in [0, 0.05) is 6.42 Å². The minimum Gasteiger partial charge on any atom is -0.512 e. The molecule has 1 aromatic rings. The van der Waals surface area contributed by atoms with E-state index in [0.29, 0.717) is 6.42 Å². The van der Waals surface area contributed by atoms with Crippen LogP contribution in [0, 0.1) is 0 Å². The molecule has 0 atom stereocenters. The van der Waals surface area contributed by atoms with Crippen LogP contribution in [0.2, 0.25) is 0 Å². The predicted molar refractivity (Wildman–Crippen MR) is 62.7 cm³/mol. The number of nitrogens with two attached hydrogens (primary N) is 1. The molecule has 3 N–H and O–H groups in total. The van der Waals surface area contributed by atoms with Gasteiger partial charge in [-0.15, -0.1) is 5.73 Å². The second kappa shape index (κ2) is 5.59. The number of hydrogen-bond donors (Lipinski definition) is 2. The third kappa shape index (κ3) is 3.48. The first-order valence-electron chi connectivity index (χ1n) is 4.77. The molecule has 1 amide bonds. The summed E-state index contributed by atoms with van der Waals surface area (Å²) in [6.07, 6.45) is 1.63. The maximum absolute atomic E-state index is 10.8. The van der Waals surface area contributed by atoms with Gasteiger partial charge in [-0.05, 0) is 11.6 Å². The van der Waals surface area contributed by atoms with E-state index in [4.69, 9.17) is 5.73 Å². The number of carbonyl (C=O) groups is 1. The third-order valence-electron chi connectivity index (χ3n) is 1.99. The van der Waals surface area contributed by atoms with E-state index in [1.54, 1.807) is 0 Å². The molecule has 3 nitrogen and oxygen atoms in total. The summed E-state index contributed by atoms with van der Waals surface area (Å²) in [5, 5.41) is 9.62. The first-order chi connectivity index (χ1) is 7.63. The van der Waals surface area contributed by atoms with E-state index in [0.717, 1.165) is 5.56 Å². The number of aliphatic hydroxyl groups excluding tert-OH is 1. The molecule has 0 aliphatic rings. The fourth-order valence-electron chi connectivity index (χ4n) is 1.23. The Morgan fingerprint density at radius 2 is 2.06 bits per heavy atom. The Bertz CT molecular complexity index is 454. The van der Waals surface area contributed by atoms with Crippen molar-refractivity contribution in [2.75, 3.05) is 0 Å². The lowest BCUT2D eigenvalue weighted by molar-refractivity contribution is -0.114. The van der Waals surface area contributed by atoms with Crippen molar-refractivity contribution >= 4 is 5.91 Å². The Morgan fingerprint density at radius 3 is 2.56 bits per heavy atom. The summed E-state index contributed by atoms with van der Waals surface area (Å²) in [5.41, 5.74) is 8.45. The van der Waals surface area contributed by atoms with Crippen LogP contribution in [0.1, 0.15) is 5.56 Å².